The summed E-state index contributed by atoms with van der Waals surface area (Å²) in [5.41, 5.74) is 0. The van der Waals surface area contributed by atoms with Crippen molar-refractivity contribution < 1.29 is 4.74 Å². The molecule has 1 saturated heterocycles. The Labute approximate surface area is 117 Å². The van der Waals surface area contributed by atoms with Crippen molar-refractivity contribution in [3.8, 4) is 0 Å². The number of nitrogens with two attached hydrogens (primary N) is 1. The third-order valence-electron chi connectivity index (χ3n) is 3.63. The predicted molar refractivity (Wildman–Crippen MR) is 75.4 cm³/mol. The van der Waals surface area contributed by atoms with E-state index in [1.807, 2.05) is 0 Å². The first-order chi connectivity index (χ1) is 9.34. The molecular formula is C13H20N4OS. The summed E-state index contributed by atoms with van der Waals surface area (Å²) >= 11 is 1.70. The molecule has 3 rings (SSSR count). The zero-order valence-corrected chi connectivity index (χ0v) is 11.8. The van der Waals surface area contributed by atoms with Gasteiger partial charge < -0.3 is 10.6 Å². The number of rotatable bonds is 3. The van der Waals surface area contributed by atoms with Gasteiger partial charge in [-0.2, -0.15) is 0 Å². The highest BCUT2D eigenvalue weighted by Gasteiger charge is 2.24. The second-order valence-corrected chi connectivity index (χ2v) is 6.29. The molecule has 19 heavy (non-hydrogen) atoms. The number of allylic oxidation sites excluding steroid dienone is 1. The molecule has 5 nitrogen and oxygen atoms in total. The molecule has 0 aromatic carbocycles. The van der Waals surface area contributed by atoms with E-state index in [-0.39, 0.29) is 6.10 Å². The SMILES string of the molecule is Nn1c(S[C@H]2C=CCCC2)nnc1[C@H]1CCCCO1. The van der Waals surface area contributed by atoms with E-state index < -0.39 is 0 Å². The van der Waals surface area contributed by atoms with E-state index in [1.54, 1.807) is 16.4 Å². The molecule has 6 heteroatoms. The van der Waals surface area contributed by atoms with Crippen molar-refractivity contribution in [1.29, 1.82) is 0 Å². The maximum Gasteiger partial charge on any atom is 0.210 e. The second-order valence-electron chi connectivity index (χ2n) is 5.08. The quantitative estimate of drug-likeness (QED) is 0.680. The van der Waals surface area contributed by atoms with Crippen molar-refractivity contribution in [3.05, 3.63) is 18.0 Å². The smallest absolute Gasteiger partial charge is 0.210 e. The number of nitrogen functional groups attached to an aromatic ring is 1. The fourth-order valence-electron chi connectivity index (χ4n) is 2.55. The maximum atomic E-state index is 6.12. The lowest BCUT2D eigenvalue weighted by Gasteiger charge is -2.21. The highest BCUT2D eigenvalue weighted by atomic mass is 32.2. The molecule has 2 N–H and O–H groups in total. The van der Waals surface area contributed by atoms with Crippen LogP contribution in [0.15, 0.2) is 17.3 Å². The Morgan fingerprint density at radius 2 is 2.21 bits per heavy atom. The molecule has 1 aliphatic carbocycles. The van der Waals surface area contributed by atoms with Crippen molar-refractivity contribution in [1.82, 2.24) is 14.9 Å². The van der Waals surface area contributed by atoms with Crippen LogP contribution in [0.1, 0.15) is 50.5 Å². The van der Waals surface area contributed by atoms with Crippen molar-refractivity contribution >= 4 is 11.8 Å². The first kappa shape index (κ1) is 13.0. The van der Waals surface area contributed by atoms with Crippen LogP contribution in [0.4, 0.5) is 0 Å². The Bertz CT molecular complexity index is 453. The van der Waals surface area contributed by atoms with Crippen LogP contribution < -0.4 is 5.84 Å². The number of hydrogen-bond donors (Lipinski definition) is 1. The number of ether oxygens (including phenoxy) is 1. The fourth-order valence-corrected chi connectivity index (χ4v) is 3.59. The number of hydrogen-bond acceptors (Lipinski definition) is 5. The van der Waals surface area contributed by atoms with Gasteiger partial charge in [0.05, 0.1) is 0 Å². The molecular weight excluding hydrogens is 260 g/mol. The van der Waals surface area contributed by atoms with Gasteiger partial charge in [0, 0.05) is 11.9 Å². The molecule has 1 fully saturated rings. The van der Waals surface area contributed by atoms with E-state index in [0.717, 1.165) is 30.4 Å². The minimum absolute atomic E-state index is 0.0162. The van der Waals surface area contributed by atoms with Gasteiger partial charge in [0.25, 0.3) is 0 Å². The van der Waals surface area contributed by atoms with Gasteiger partial charge in [0.2, 0.25) is 5.16 Å². The minimum Gasteiger partial charge on any atom is -0.370 e. The predicted octanol–water partition coefficient (Wildman–Crippen LogP) is 2.43. The van der Waals surface area contributed by atoms with Crippen LogP contribution in [-0.4, -0.2) is 26.7 Å². The Morgan fingerprint density at radius 3 is 2.95 bits per heavy atom. The molecule has 1 aliphatic heterocycles. The van der Waals surface area contributed by atoms with Gasteiger partial charge in [-0.1, -0.05) is 23.9 Å². The second kappa shape index (κ2) is 5.96. The average Bonchev–Trinajstić information content (AvgIpc) is 2.82. The number of thioether (sulfide) groups is 1. The average molecular weight is 280 g/mol. The molecule has 2 aliphatic rings. The standard InChI is InChI=1S/C13H20N4OS/c14-17-12(11-8-4-5-9-18-11)15-16-13(17)19-10-6-2-1-3-7-10/h2,6,10-11H,1,3-5,7-9,14H2/t10-,11+/m0/s1. The zero-order chi connectivity index (χ0) is 13.1. The molecule has 0 amide bonds. The summed E-state index contributed by atoms with van der Waals surface area (Å²) in [6, 6.07) is 0. The molecule has 0 bridgehead atoms. The van der Waals surface area contributed by atoms with E-state index in [4.69, 9.17) is 10.6 Å². The molecule has 1 aromatic rings. The summed E-state index contributed by atoms with van der Waals surface area (Å²) in [7, 11) is 0. The third kappa shape index (κ3) is 2.95. The Hall–Kier alpha value is -1.01. The first-order valence-electron chi connectivity index (χ1n) is 7.00. The molecule has 1 aromatic heterocycles. The lowest BCUT2D eigenvalue weighted by atomic mass is 10.1. The lowest BCUT2D eigenvalue weighted by molar-refractivity contribution is 0.00780. The highest BCUT2D eigenvalue weighted by molar-refractivity contribution is 7.99. The van der Waals surface area contributed by atoms with Crippen LogP contribution in [0.3, 0.4) is 0 Å². The molecule has 0 radical (unpaired) electrons. The van der Waals surface area contributed by atoms with E-state index in [2.05, 4.69) is 22.3 Å². The number of aromatic nitrogens is 3. The normalized spacial score (nSPS) is 27.6. The summed E-state index contributed by atoms with van der Waals surface area (Å²) in [5.74, 6) is 6.88. The lowest BCUT2D eigenvalue weighted by Crippen LogP contribution is -2.21. The van der Waals surface area contributed by atoms with Gasteiger partial charge in [0.15, 0.2) is 5.82 Å². The maximum absolute atomic E-state index is 6.12. The van der Waals surface area contributed by atoms with Gasteiger partial charge in [0.1, 0.15) is 6.10 Å². The summed E-state index contributed by atoms with van der Waals surface area (Å²) in [6.45, 7) is 0.797. The molecule has 0 unspecified atom stereocenters. The van der Waals surface area contributed by atoms with E-state index in [0.29, 0.717) is 5.25 Å². The molecule has 2 atom stereocenters. The Kier molecular flexibility index (Phi) is 4.08. The van der Waals surface area contributed by atoms with Crippen molar-refractivity contribution in [3.63, 3.8) is 0 Å². The first-order valence-corrected chi connectivity index (χ1v) is 7.88. The van der Waals surface area contributed by atoms with Crippen LogP contribution in [0.25, 0.3) is 0 Å². The van der Waals surface area contributed by atoms with Crippen LogP contribution in [0.5, 0.6) is 0 Å². The summed E-state index contributed by atoms with van der Waals surface area (Å²) in [6.07, 6.45) is 11.4. The van der Waals surface area contributed by atoms with Crippen molar-refractivity contribution in [2.24, 2.45) is 0 Å². The van der Waals surface area contributed by atoms with Gasteiger partial charge >= 0.3 is 0 Å². The van der Waals surface area contributed by atoms with Crippen molar-refractivity contribution in [2.75, 3.05) is 12.4 Å². The van der Waals surface area contributed by atoms with E-state index in [9.17, 15) is 0 Å². The number of nitrogens with zero attached hydrogens (tertiary/aromatic N) is 3. The molecule has 0 saturated carbocycles. The zero-order valence-electron chi connectivity index (χ0n) is 11.0. The molecule has 104 valence electrons. The van der Waals surface area contributed by atoms with Gasteiger partial charge in [-0.15, -0.1) is 10.2 Å². The summed E-state index contributed by atoms with van der Waals surface area (Å²) < 4.78 is 7.34. The largest absolute Gasteiger partial charge is 0.370 e. The van der Waals surface area contributed by atoms with Gasteiger partial charge in [-0.25, -0.2) is 4.68 Å². The van der Waals surface area contributed by atoms with Gasteiger partial charge in [-0.05, 0) is 38.5 Å². The summed E-state index contributed by atoms with van der Waals surface area (Å²) in [4.78, 5) is 0. The topological polar surface area (TPSA) is 66.0 Å². The fraction of sp³-hybridized carbons (Fsp3) is 0.692. The highest BCUT2D eigenvalue weighted by Crippen LogP contribution is 2.31. The van der Waals surface area contributed by atoms with Crippen molar-refractivity contribution in [2.45, 2.75) is 55.0 Å². The van der Waals surface area contributed by atoms with Crippen LogP contribution in [0, 0.1) is 0 Å². The monoisotopic (exact) mass is 280 g/mol. The van der Waals surface area contributed by atoms with Crippen LogP contribution in [0.2, 0.25) is 0 Å². The summed E-state index contributed by atoms with van der Waals surface area (Å²) in [5, 5.41) is 9.71. The van der Waals surface area contributed by atoms with Crippen LogP contribution in [-0.2, 0) is 4.74 Å². The Morgan fingerprint density at radius 1 is 1.26 bits per heavy atom. The molecule has 2 heterocycles. The van der Waals surface area contributed by atoms with Gasteiger partial charge in [-0.3, -0.25) is 0 Å². The van der Waals surface area contributed by atoms with Crippen LogP contribution >= 0.6 is 11.8 Å². The Balaban J connectivity index is 1.70. The molecule has 0 spiro atoms. The van der Waals surface area contributed by atoms with E-state index in [1.165, 1.54) is 25.7 Å². The minimum atomic E-state index is 0.0162. The van der Waals surface area contributed by atoms with E-state index >= 15 is 0 Å². The third-order valence-corrected chi connectivity index (χ3v) is 4.81.